The second-order valence-electron chi connectivity index (χ2n) is 9.55. The number of amides is 1. The molecule has 0 saturated heterocycles. The fourth-order valence-corrected chi connectivity index (χ4v) is 3.70. The van der Waals surface area contributed by atoms with Crippen molar-refractivity contribution in [3.8, 4) is 5.88 Å². The maximum absolute atomic E-state index is 15.0. The fraction of sp³-hybridized carbons (Fsp3) is 0.538. The Balaban J connectivity index is 2.29. The van der Waals surface area contributed by atoms with Crippen molar-refractivity contribution in [1.29, 1.82) is 0 Å². The normalized spacial score (nSPS) is 12.9. The number of nitrogens with zero attached hydrogens (tertiary/aromatic N) is 2. The highest BCUT2D eigenvalue weighted by Crippen LogP contribution is 2.28. The zero-order valence-corrected chi connectivity index (χ0v) is 22.4. The van der Waals surface area contributed by atoms with E-state index in [1.165, 1.54) is 6.20 Å². The summed E-state index contributed by atoms with van der Waals surface area (Å²) in [7, 11) is 1.56. The Bertz CT molecular complexity index is 1060. The molecule has 4 N–H and O–H groups in total. The van der Waals surface area contributed by atoms with Gasteiger partial charge in [0.15, 0.2) is 11.6 Å². The summed E-state index contributed by atoms with van der Waals surface area (Å²) in [5, 5.41) is 6.12. The summed E-state index contributed by atoms with van der Waals surface area (Å²) in [4.78, 5) is 32.9. The average Bonchev–Trinajstić information content (AvgIpc) is 2.82. The lowest BCUT2D eigenvalue weighted by Gasteiger charge is -2.28. The monoisotopic (exact) mass is 519 g/mol. The van der Waals surface area contributed by atoms with Crippen LogP contribution >= 0.6 is 0 Å². The van der Waals surface area contributed by atoms with Gasteiger partial charge in [0.25, 0.3) is 5.91 Å². The Hall–Kier alpha value is -3.47. The predicted octanol–water partition coefficient (Wildman–Crippen LogP) is 4.43. The van der Waals surface area contributed by atoms with Crippen LogP contribution in [0.3, 0.4) is 0 Å². The van der Waals surface area contributed by atoms with Crippen molar-refractivity contribution in [2.45, 2.75) is 65.5 Å². The molecule has 0 radical (unpaired) electrons. The van der Waals surface area contributed by atoms with E-state index >= 15 is 4.39 Å². The zero-order valence-electron chi connectivity index (χ0n) is 22.4. The van der Waals surface area contributed by atoms with E-state index in [1.807, 2.05) is 34.6 Å². The van der Waals surface area contributed by atoms with Crippen LogP contribution in [0.5, 0.6) is 5.88 Å². The number of halogens is 1. The number of nitrogens with one attached hydrogen (secondary N) is 2. The number of carbonyl (C=O) groups excluding carboxylic acids is 2. The molecule has 2 aromatic rings. The molecule has 10 nitrogen and oxygen atoms in total. The number of hydrogen-bond donors (Lipinski definition) is 3. The molecule has 0 saturated carbocycles. The van der Waals surface area contributed by atoms with Crippen molar-refractivity contribution in [2.75, 3.05) is 31.0 Å². The van der Waals surface area contributed by atoms with E-state index in [2.05, 4.69) is 20.6 Å². The summed E-state index contributed by atoms with van der Waals surface area (Å²) in [5.41, 5.74) is 5.30. The summed E-state index contributed by atoms with van der Waals surface area (Å²) in [6.07, 6.45) is 2.97. The molecule has 0 aliphatic rings. The molecule has 2 heterocycles. The lowest BCUT2D eigenvalue weighted by Crippen LogP contribution is -2.33. The van der Waals surface area contributed by atoms with Crippen LogP contribution in [0.2, 0.25) is 0 Å². The van der Waals surface area contributed by atoms with Crippen molar-refractivity contribution in [2.24, 2.45) is 11.7 Å². The summed E-state index contributed by atoms with van der Waals surface area (Å²) in [5.74, 6) is -1.67. The lowest BCUT2D eigenvalue weighted by molar-refractivity contribution is -0.156. The fourth-order valence-electron chi connectivity index (χ4n) is 3.70. The third-order valence-corrected chi connectivity index (χ3v) is 5.48. The Morgan fingerprint density at radius 2 is 1.86 bits per heavy atom. The van der Waals surface area contributed by atoms with Gasteiger partial charge in [0.1, 0.15) is 18.0 Å². The van der Waals surface area contributed by atoms with Gasteiger partial charge in [-0.25, -0.2) is 14.4 Å². The van der Waals surface area contributed by atoms with Gasteiger partial charge in [-0.15, -0.1) is 0 Å². The third-order valence-electron chi connectivity index (χ3n) is 5.48. The molecule has 2 rings (SSSR count). The summed E-state index contributed by atoms with van der Waals surface area (Å²) in [6.45, 7) is 10.0. The van der Waals surface area contributed by atoms with Gasteiger partial charge in [0.2, 0.25) is 5.88 Å². The molecule has 0 unspecified atom stereocenters. The molecular formula is C26H38FN5O5. The minimum Gasteiger partial charge on any atom is -0.475 e. The Labute approximate surface area is 217 Å². The van der Waals surface area contributed by atoms with Crippen LogP contribution in [-0.2, 0) is 14.3 Å². The van der Waals surface area contributed by atoms with Crippen LogP contribution in [0, 0.1) is 11.7 Å². The number of aromatic nitrogens is 2. The molecule has 0 aromatic carbocycles. The standard InChI is InChI=1S/C26H38FN5O5/c1-7-16(13-22(33)37-26(3,4)5)20(8-2)31-25-19(27)15-18(23(28)34)24(32-25)30-17-9-10-29-21(14-17)36-12-11-35-6/h9-10,14-16,20H,7-8,11-13H2,1-6H3,(H2,28,34)(H2,29,30,31,32)/t16-,20-/m1/s1. The second kappa shape index (κ2) is 13.7. The summed E-state index contributed by atoms with van der Waals surface area (Å²) >= 11 is 0. The minimum absolute atomic E-state index is 0.0624. The molecule has 11 heteroatoms. The number of methoxy groups -OCH3 is 1. The molecule has 204 valence electrons. The molecule has 0 spiro atoms. The number of esters is 1. The number of pyridine rings is 2. The second-order valence-corrected chi connectivity index (χ2v) is 9.55. The van der Waals surface area contributed by atoms with Gasteiger partial charge in [-0.1, -0.05) is 20.3 Å². The number of nitrogens with two attached hydrogens (primary N) is 1. The van der Waals surface area contributed by atoms with Crippen molar-refractivity contribution in [3.05, 3.63) is 35.8 Å². The minimum atomic E-state index is -0.838. The van der Waals surface area contributed by atoms with Crippen LogP contribution in [0.15, 0.2) is 24.4 Å². The van der Waals surface area contributed by atoms with Crippen LogP contribution in [0.25, 0.3) is 0 Å². The zero-order chi connectivity index (χ0) is 27.6. The van der Waals surface area contributed by atoms with Crippen LogP contribution in [0.1, 0.15) is 64.2 Å². The predicted molar refractivity (Wildman–Crippen MR) is 140 cm³/mol. The van der Waals surface area contributed by atoms with E-state index in [1.54, 1.807) is 19.2 Å². The number of rotatable bonds is 14. The van der Waals surface area contributed by atoms with E-state index in [0.717, 1.165) is 6.07 Å². The van der Waals surface area contributed by atoms with Gasteiger partial charge >= 0.3 is 5.97 Å². The van der Waals surface area contributed by atoms with Gasteiger partial charge < -0.3 is 30.6 Å². The summed E-state index contributed by atoms with van der Waals surface area (Å²) < 4.78 is 31.0. The summed E-state index contributed by atoms with van der Waals surface area (Å²) in [6, 6.07) is 4.03. The number of primary amides is 1. The third kappa shape index (κ3) is 9.49. The number of carbonyl (C=O) groups is 2. The number of hydrogen-bond acceptors (Lipinski definition) is 9. The lowest BCUT2D eigenvalue weighted by atomic mass is 9.91. The van der Waals surface area contributed by atoms with E-state index in [-0.39, 0.29) is 41.5 Å². The average molecular weight is 520 g/mol. The molecule has 37 heavy (non-hydrogen) atoms. The Morgan fingerprint density at radius 1 is 1.14 bits per heavy atom. The molecule has 1 amide bonds. The maximum atomic E-state index is 15.0. The highest BCUT2D eigenvalue weighted by Gasteiger charge is 2.26. The van der Waals surface area contributed by atoms with Crippen molar-refractivity contribution in [1.82, 2.24) is 9.97 Å². The van der Waals surface area contributed by atoms with Gasteiger partial charge in [-0.05, 0) is 45.2 Å². The van der Waals surface area contributed by atoms with Crippen molar-refractivity contribution in [3.63, 3.8) is 0 Å². The molecular weight excluding hydrogens is 481 g/mol. The van der Waals surface area contributed by atoms with Crippen LogP contribution < -0.4 is 21.1 Å². The first kappa shape index (κ1) is 29.8. The Morgan fingerprint density at radius 3 is 2.46 bits per heavy atom. The van der Waals surface area contributed by atoms with Gasteiger partial charge in [-0.3, -0.25) is 9.59 Å². The van der Waals surface area contributed by atoms with Crippen molar-refractivity contribution >= 4 is 29.2 Å². The van der Waals surface area contributed by atoms with Crippen LogP contribution in [0.4, 0.5) is 21.7 Å². The maximum Gasteiger partial charge on any atom is 0.306 e. The van der Waals surface area contributed by atoms with Crippen LogP contribution in [-0.4, -0.2) is 53.8 Å². The molecule has 0 aliphatic heterocycles. The Kier molecular flexibility index (Phi) is 11.0. The topological polar surface area (TPSA) is 138 Å². The first-order valence-corrected chi connectivity index (χ1v) is 12.3. The number of anilines is 3. The van der Waals surface area contributed by atoms with E-state index < -0.39 is 17.3 Å². The molecule has 0 fully saturated rings. The largest absolute Gasteiger partial charge is 0.475 e. The SMILES string of the molecule is CC[C@H](CC(=O)OC(C)(C)C)[C@@H](CC)Nc1nc(Nc2ccnc(OCCOC)c2)c(C(N)=O)cc1F. The molecule has 0 aliphatic carbocycles. The van der Waals surface area contributed by atoms with Crippen molar-refractivity contribution < 1.29 is 28.2 Å². The highest BCUT2D eigenvalue weighted by molar-refractivity contribution is 5.98. The number of ether oxygens (including phenoxy) is 3. The first-order valence-electron chi connectivity index (χ1n) is 12.3. The smallest absolute Gasteiger partial charge is 0.306 e. The van der Waals surface area contributed by atoms with E-state index in [4.69, 9.17) is 19.9 Å². The van der Waals surface area contributed by atoms with E-state index in [9.17, 15) is 9.59 Å². The first-order chi connectivity index (χ1) is 17.5. The highest BCUT2D eigenvalue weighted by atomic mass is 19.1. The molecule has 0 bridgehead atoms. The quantitative estimate of drug-likeness (QED) is 0.244. The van der Waals surface area contributed by atoms with Gasteiger partial charge in [0, 0.05) is 31.1 Å². The van der Waals surface area contributed by atoms with Gasteiger partial charge in [-0.2, -0.15) is 0 Å². The molecule has 2 aromatic heterocycles. The van der Waals surface area contributed by atoms with E-state index in [0.29, 0.717) is 37.6 Å². The van der Waals surface area contributed by atoms with Gasteiger partial charge in [0.05, 0.1) is 18.6 Å². The molecule has 2 atom stereocenters.